The standard InChI is InChI=1S/C29H35N5O5S/c1-18(2)34-24-22(31(6)26(34)35)15-30-25-23(24)21(16-33(25)40(37,38)20-10-8-7-9-11-20)29-14-19(29)12-13-32(17-29)27(36)39-28(3,4)5/h7-11,15-16,18-19H,12-14,17H2,1-6H3. The molecule has 212 valence electrons. The first-order valence-corrected chi connectivity index (χ1v) is 15.1. The summed E-state index contributed by atoms with van der Waals surface area (Å²) in [4.78, 5) is 33.0. The molecule has 4 aromatic rings. The molecule has 1 amide bonds. The van der Waals surface area contributed by atoms with Crippen LogP contribution in [-0.4, -0.2) is 56.2 Å². The predicted molar refractivity (Wildman–Crippen MR) is 152 cm³/mol. The number of hydrogen-bond donors (Lipinski definition) is 0. The summed E-state index contributed by atoms with van der Waals surface area (Å²) in [6.45, 7) is 10.4. The second kappa shape index (κ2) is 8.70. The van der Waals surface area contributed by atoms with Crippen molar-refractivity contribution in [3.8, 4) is 0 Å². The molecule has 11 heteroatoms. The van der Waals surface area contributed by atoms with Crippen LogP contribution >= 0.6 is 0 Å². The van der Waals surface area contributed by atoms with Crippen molar-refractivity contribution < 1.29 is 17.9 Å². The van der Waals surface area contributed by atoms with Crippen LogP contribution in [0.15, 0.2) is 52.4 Å². The molecular weight excluding hydrogens is 530 g/mol. The van der Waals surface area contributed by atoms with Crippen LogP contribution in [0.25, 0.3) is 22.1 Å². The Labute approximate surface area is 233 Å². The molecule has 0 bridgehead atoms. The zero-order valence-electron chi connectivity index (χ0n) is 23.7. The third-order valence-corrected chi connectivity index (χ3v) is 9.95. The van der Waals surface area contributed by atoms with E-state index in [1.807, 2.05) is 34.6 Å². The Bertz CT molecular complexity index is 1830. The number of pyridine rings is 1. The number of aryl methyl sites for hydroxylation is 1. The second-order valence-electron chi connectivity index (χ2n) is 12.4. The molecule has 0 N–H and O–H groups in total. The van der Waals surface area contributed by atoms with Crippen LogP contribution in [0.3, 0.4) is 0 Å². The molecule has 1 aliphatic carbocycles. The van der Waals surface area contributed by atoms with Crippen molar-refractivity contribution >= 4 is 38.2 Å². The molecule has 1 saturated carbocycles. The third kappa shape index (κ3) is 3.88. The predicted octanol–water partition coefficient (Wildman–Crippen LogP) is 4.41. The van der Waals surface area contributed by atoms with E-state index in [2.05, 4.69) is 4.98 Å². The molecular formula is C29H35N5O5S. The van der Waals surface area contributed by atoms with Gasteiger partial charge < -0.3 is 9.64 Å². The minimum Gasteiger partial charge on any atom is -0.444 e. The van der Waals surface area contributed by atoms with E-state index in [1.165, 1.54) is 3.97 Å². The van der Waals surface area contributed by atoms with E-state index in [1.54, 1.807) is 63.8 Å². The highest BCUT2D eigenvalue weighted by Gasteiger charge is 2.60. The maximum atomic E-state index is 14.0. The number of carbonyl (C=O) groups is 1. The molecule has 2 fully saturated rings. The number of fused-ring (bicyclic) bond motifs is 4. The highest BCUT2D eigenvalue weighted by Crippen LogP contribution is 2.61. The monoisotopic (exact) mass is 565 g/mol. The molecule has 2 unspecified atom stereocenters. The van der Waals surface area contributed by atoms with Crippen molar-refractivity contribution in [2.45, 2.75) is 69.4 Å². The molecule has 0 spiro atoms. The highest BCUT2D eigenvalue weighted by molar-refractivity contribution is 7.90. The van der Waals surface area contributed by atoms with Crippen molar-refractivity contribution in [2.24, 2.45) is 13.0 Å². The van der Waals surface area contributed by atoms with E-state index in [9.17, 15) is 18.0 Å². The van der Waals surface area contributed by atoms with Crippen LogP contribution in [0.1, 0.15) is 59.1 Å². The van der Waals surface area contributed by atoms with Gasteiger partial charge in [-0.3, -0.25) is 9.13 Å². The molecule has 1 aliphatic heterocycles. The van der Waals surface area contributed by atoms with Crippen LogP contribution in [0.4, 0.5) is 4.79 Å². The van der Waals surface area contributed by atoms with Crippen molar-refractivity contribution in [3.05, 3.63) is 58.8 Å². The average molecular weight is 566 g/mol. The molecule has 1 aromatic carbocycles. The smallest absolute Gasteiger partial charge is 0.410 e. The largest absolute Gasteiger partial charge is 0.444 e. The van der Waals surface area contributed by atoms with Gasteiger partial charge in [-0.1, -0.05) is 18.2 Å². The number of hydrogen-bond acceptors (Lipinski definition) is 6. The number of rotatable bonds is 4. The van der Waals surface area contributed by atoms with Gasteiger partial charge in [0.2, 0.25) is 0 Å². The average Bonchev–Trinajstić information content (AvgIpc) is 3.40. The minimum atomic E-state index is -4.00. The maximum Gasteiger partial charge on any atom is 0.410 e. The Morgan fingerprint density at radius 1 is 1.18 bits per heavy atom. The lowest BCUT2D eigenvalue weighted by molar-refractivity contribution is 0.0192. The number of piperidine rings is 1. The summed E-state index contributed by atoms with van der Waals surface area (Å²) in [5, 5.41) is 0.650. The van der Waals surface area contributed by atoms with Crippen molar-refractivity contribution in [3.63, 3.8) is 0 Å². The third-order valence-electron chi connectivity index (χ3n) is 8.29. The molecule has 2 atom stereocenters. The van der Waals surface area contributed by atoms with E-state index in [0.29, 0.717) is 29.5 Å². The maximum absolute atomic E-state index is 14.0. The summed E-state index contributed by atoms with van der Waals surface area (Å²) in [5.74, 6) is 0.280. The number of aromatic nitrogens is 4. The zero-order valence-corrected chi connectivity index (χ0v) is 24.5. The summed E-state index contributed by atoms with van der Waals surface area (Å²) >= 11 is 0. The summed E-state index contributed by atoms with van der Waals surface area (Å²) in [7, 11) is -2.29. The quantitative estimate of drug-likeness (QED) is 0.363. The highest BCUT2D eigenvalue weighted by atomic mass is 32.2. The van der Waals surface area contributed by atoms with E-state index in [4.69, 9.17) is 4.74 Å². The Kier molecular flexibility index (Phi) is 5.79. The normalized spacial score (nSPS) is 21.3. The van der Waals surface area contributed by atoms with Crippen LogP contribution in [0.2, 0.25) is 0 Å². The number of ether oxygens (including phenoxy) is 1. The van der Waals surface area contributed by atoms with Crippen molar-refractivity contribution in [1.29, 1.82) is 0 Å². The second-order valence-corrected chi connectivity index (χ2v) is 14.2. The topological polar surface area (TPSA) is 108 Å². The molecule has 4 heterocycles. The van der Waals surface area contributed by atoms with Crippen molar-refractivity contribution in [1.82, 2.24) is 23.0 Å². The molecule has 1 saturated heterocycles. The Hall–Kier alpha value is -3.60. The zero-order chi connectivity index (χ0) is 28.8. The van der Waals surface area contributed by atoms with Gasteiger partial charge in [0.25, 0.3) is 10.0 Å². The van der Waals surface area contributed by atoms with Gasteiger partial charge in [-0.15, -0.1) is 0 Å². The number of carbonyl (C=O) groups excluding carboxylic acids is 1. The first-order chi connectivity index (χ1) is 18.8. The van der Waals surface area contributed by atoms with Gasteiger partial charge in [-0.2, -0.15) is 0 Å². The van der Waals surface area contributed by atoms with E-state index < -0.39 is 21.0 Å². The summed E-state index contributed by atoms with van der Waals surface area (Å²) in [5.41, 5.74) is 1.11. The van der Waals surface area contributed by atoms with Crippen LogP contribution in [0.5, 0.6) is 0 Å². The minimum absolute atomic E-state index is 0.151. The van der Waals surface area contributed by atoms with Gasteiger partial charge in [-0.25, -0.2) is 27.0 Å². The Balaban J connectivity index is 1.63. The van der Waals surface area contributed by atoms with Crippen LogP contribution in [0, 0.1) is 5.92 Å². The molecule has 10 nitrogen and oxygen atoms in total. The van der Waals surface area contributed by atoms with Gasteiger partial charge in [0.1, 0.15) is 5.60 Å². The summed E-state index contributed by atoms with van der Waals surface area (Å²) in [6.07, 6.45) is 4.48. The van der Waals surface area contributed by atoms with Crippen LogP contribution in [-0.2, 0) is 27.2 Å². The first-order valence-electron chi connectivity index (χ1n) is 13.7. The molecule has 6 rings (SSSR count). The summed E-state index contributed by atoms with van der Waals surface area (Å²) in [6, 6.07) is 8.11. The van der Waals surface area contributed by atoms with Gasteiger partial charge in [0.05, 0.1) is 22.1 Å². The number of amides is 1. The fourth-order valence-corrected chi connectivity index (χ4v) is 7.66. The van der Waals surface area contributed by atoms with Gasteiger partial charge >= 0.3 is 11.8 Å². The van der Waals surface area contributed by atoms with Crippen molar-refractivity contribution in [2.75, 3.05) is 13.1 Å². The lowest BCUT2D eigenvalue weighted by atomic mass is 9.89. The lowest BCUT2D eigenvalue weighted by Crippen LogP contribution is -2.45. The fraction of sp³-hybridized carbons (Fsp3) is 0.483. The Morgan fingerprint density at radius 2 is 1.88 bits per heavy atom. The van der Waals surface area contributed by atoms with E-state index in [-0.39, 0.29) is 34.3 Å². The number of nitrogens with zero attached hydrogens (tertiary/aromatic N) is 5. The molecule has 3 aromatic heterocycles. The number of imidazole rings is 1. The molecule has 2 aliphatic rings. The van der Waals surface area contributed by atoms with Gasteiger partial charge in [0, 0.05) is 43.2 Å². The molecule has 0 radical (unpaired) electrons. The fourth-order valence-electron chi connectivity index (χ4n) is 6.32. The van der Waals surface area contributed by atoms with Gasteiger partial charge in [-0.05, 0) is 71.1 Å². The number of benzene rings is 1. The first kappa shape index (κ1) is 26.6. The van der Waals surface area contributed by atoms with E-state index >= 15 is 0 Å². The van der Waals surface area contributed by atoms with Crippen LogP contribution < -0.4 is 5.69 Å². The SMILES string of the molecule is CC(C)n1c(=O)n(C)c2cnc3c(c(C45CC4CCN(C(=O)OC(C)(C)C)C5)cn3S(=O)(=O)c3ccccc3)c21. The Morgan fingerprint density at radius 3 is 2.52 bits per heavy atom. The molecule has 40 heavy (non-hydrogen) atoms. The van der Waals surface area contributed by atoms with E-state index in [0.717, 1.165) is 18.4 Å². The lowest BCUT2D eigenvalue weighted by Gasteiger charge is -2.34. The summed E-state index contributed by atoms with van der Waals surface area (Å²) < 4.78 is 38.2. The number of likely N-dealkylation sites (tertiary alicyclic amines) is 1. The van der Waals surface area contributed by atoms with Gasteiger partial charge in [0.15, 0.2) is 5.65 Å².